The molecule has 0 aliphatic heterocycles. The van der Waals surface area contributed by atoms with Gasteiger partial charge in [-0.15, -0.1) is 0 Å². The first-order valence-electron chi connectivity index (χ1n) is 9.22. The fraction of sp³-hybridized carbons (Fsp3) is 0.350. The Balaban J connectivity index is 1.27. The molecule has 0 unspecified atom stereocenters. The lowest BCUT2D eigenvalue weighted by atomic mass is 10.2. The number of ether oxygens (including phenoxy) is 1. The van der Waals surface area contributed by atoms with Crippen LogP contribution in [-0.2, 0) is 19.3 Å². The summed E-state index contributed by atoms with van der Waals surface area (Å²) in [5.74, 6) is 2.68. The molecule has 1 aliphatic carbocycles. The van der Waals surface area contributed by atoms with Crippen LogP contribution >= 0.6 is 11.8 Å². The quantitative estimate of drug-likeness (QED) is 0.556. The Morgan fingerprint density at radius 1 is 1.32 bits per heavy atom. The number of rotatable bonds is 9. The van der Waals surface area contributed by atoms with E-state index in [0.717, 1.165) is 16.5 Å². The van der Waals surface area contributed by atoms with E-state index < -0.39 is 0 Å². The Labute approximate surface area is 167 Å². The van der Waals surface area contributed by atoms with Crippen LogP contribution in [0.2, 0.25) is 0 Å². The molecule has 8 heteroatoms. The zero-order chi connectivity index (χ0) is 19.3. The standard InChI is InChI=1S/C20H22N4O3S/c1-24-9-8-22-20(24)28-13-16-4-5-17(27-16)19(25)23-11-15-6-7-21-18(10-15)26-12-14-2-3-14/h4-10,14H,2-3,11-13H2,1H3,(H,23,25). The van der Waals surface area contributed by atoms with Crippen molar-refractivity contribution >= 4 is 17.7 Å². The van der Waals surface area contributed by atoms with Crippen molar-refractivity contribution in [3.63, 3.8) is 0 Å². The highest BCUT2D eigenvalue weighted by Crippen LogP contribution is 2.29. The largest absolute Gasteiger partial charge is 0.477 e. The molecule has 1 fully saturated rings. The van der Waals surface area contributed by atoms with Crippen molar-refractivity contribution in [1.29, 1.82) is 0 Å². The highest BCUT2D eigenvalue weighted by molar-refractivity contribution is 7.98. The minimum atomic E-state index is -0.245. The summed E-state index contributed by atoms with van der Waals surface area (Å²) in [5, 5.41) is 3.78. The molecular formula is C20H22N4O3S. The van der Waals surface area contributed by atoms with E-state index in [2.05, 4.69) is 15.3 Å². The maximum atomic E-state index is 12.4. The molecule has 0 atom stereocenters. The van der Waals surface area contributed by atoms with E-state index in [-0.39, 0.29) is 5.91 Å². The smallest absolute Gasteiger partial charge is 0.287 e. The van der Waals surface area contributed by atoms with E-state index in [9.17, 15) is 4.79 Å². The van der Waals surface area contributed by atoms with Gasteiger partial charge in [0.15, 0.2) is 10.9 Å². The van der Waals surface area contributed by atoms with E-state index in [1.807, 2.05) is 36.0 Å². The maximum Gasteiger partial charge on any atom is 0.287 e. The van der Waals surface area contributed by atoms with Crippen LogP contribution < -0.4 is 10.1 Å². The molecule has 3 heterocycles. The Morgan fingerprint density at radius 3 is 3.00 bits per heavy atom. The molecule has 0 radical (unpaired) electrons. The molecule has 1 N–H and O–H groups in total. The van der Waals surface area contributed by atoms with Gasteiger partial charge in [0, 0.05) is 38.2 Å². The van der Waals surface area contributed by atoms with Crippen molar-refractivity contribution < 1.29 is 13.9 Å². The third-order valence-corrected chi connectivity index (χ3v) is 5.50. The van der Waals surface area contributed by atoms with Crippen molar-refractivity contribution in [3.05, 3.63) is 59.9 Å². The summed E-state index contributed by atoms with van der Waals surface area (Å²) in [6.07, 6.45) is 7.82. The van der Waals surface area contributed by atoms with Gasteiger partial charge in [-0.25, -0.2) is 9.97 Å². The van der Waals surface area contributed by atoms with Crippen LogP contribution in [0.3, 0.4) is 0 Å². The number of imidazole rings is 1. The highest BCUT2D eigenvalue weighted by Gasteiger charge is 2.22. The maximum absolute atomic E-state index is 12.4. The summed E-state index contributed by atoms with van der Waals surface area (Å²) in [5.41, 5.74) is 0.936. The van der Waals surface area contributed by atoms with Crippen molar-refractivity contribution in [2.45, 2.75) is 30.3 Å². The van der Waals surface area contributed by atoms with Gasteiger partial charge < -0.3 is 19.0 Å². The van der Waals surface area contributed by atoms with Gasteiger partial charge in [-0.1, -0.05) is 11.8 Å². The lowest BCUT2D eigenvalue weighted by molar-refractivity contribution is 0.0921. The van der Waals surface area contributed by atoms with Crippen LogP contribution in [0.5, 0.6) is 5.88 Å². The van der Waals surface area contributed by atoms with Crippen LogP contribution in [-0.4, -0.2) is 27.0 Å². The van der Waals surface area contributed by atoms with Crippen LogP contribution in [0.4, 0.5) is 0 Å². The first kappa shape index (κ1) is 18.6. The SMILES string of the molecule is Cn1ccnc1SCc1ccc(C(=O)NCc2ccnc(OCC3CC3)c2)o1. The first-order valence-corrected chi connectivity index (χ1v) is 10.2. The second kappa shape index (κ2) is 8.52. The van der Waals surface area contributed by atoms with Gasteiger partial charge >= 0.3 is 0 Å². The molecule has 4 rings (SSSR count). The zero-order valence-corrected chi connectivity index (χ0v) is 16.4. The fourth-order valence-electron chi connectivity index (χ4n) is 2.60. The Bertz CT molecular complexity index is 948. The number of nitrogens with one attached hydrogen (secondary N) is 1. The summed E-state index contributed by atoms with van der Waals surface area (Å²) < 4.78 is 13.3. The van der Waals surface area contributed by atoms with Gasteiger partial charge in [0.2, 0.25) is 5.88 Å². The average molecular weight is 398 g/mol. The van der Waals surface area contributed by atoms with Gasteiger partial charge in [0.05, 0.1) is 12.4 Å². The van der Waals surface area contributed by atoms with E-state index in [1.165, 1.54) is 12.8 Å². The second-order valence-electron chi connectivity index (χ2n) is 6.81. The average Bonchev–Trinajstić information content (AvgIpc) is 3.26. The van der Waals surface area contributed by atoms with E-state index >= 15 is 0 Å². The number of hydrogen-bond acceptors (Lipinski definition) is 6. The lowest BCUT2D eigenvalue weighted by Gasteiger charge is -2.07. The third kappa shape index (κ3) is 4.95. The first-order chi connectivity index (χ1) is 13.7. The fourth-order valence-corrected chi connectivity index (χ4v) is 3.43. The summed E-state index contributed by atoms with van der Waals surface area (Å²) in [6, 6.07) is 7.24. The van der Waals surface area contributed by atoms with Crippen LogP contribution in [0, 0.1) is 5.92 Å². The summed E-state index contributed by atoms with van der Waals surface area (Å²) >= 11 is 1.56. The van der Waals surface area contributed by atoms with E-state index in [0.29, 0.717) is 36.5 Å². The molecule has 7 nitrogen and oxygen atoms in total. The molecule has 1 aliphatic rings. The molecule has 0 aromatic carbocycles. The van der Waals surface area contributed by atoms with Crippen molar-refractivity contribution in [1.82, 2.24) is 19.9 Å². The normalized spacial score (nSPS) is 13.5. The van der Waals surface area contributed by atoms with Crippen molar-refractivity contribution in [3.8, 4) is 5.88 Å². The number of furan rings is 1. The molecule has 1 amide bonds. The predicted molar refractivity (Wildman–Crippen MR) is 105 cm³/mol. The summed E-state index contributed by atoms with van der Waals surface area (Å²) in [6.45, 7) is 1.10. The number of aromatic nitrogens is 3. The van der Waals surface area contributed by atoms with Crippen LogP contribution in [0.25, 0.3) is 0 Å². The number of amides is 1. The zero-order valence-electron chi connectivity index (χ0n) is 15.6. The topological polar surface area (TPSA) is 82.2 Å². The van der Waals surface area contributed by atoms with Gasteiger partial charge in [-0.2, -0.15) is 0 Å². The predicted octanol–water partition coefficient (Wildman–Crippen LogP) is 3.42. The third-order valence-electron chi connectivity index (χ3n) is 4.42. The van der Waals surface area contributed by atoms with E-state index in [4.69, 9.17) is 9.15 Å². The van der Waals surface area contributed by atoms with Crippen molar-refractivity contribution in [2.75, 3.05) is 6.61 Å². The number of aryl methyl sites for hydroxylation is 1. The summed E-state index contributed by atoms with van der Waals surface area (Å²) in [4.78, 5) is 20.8. The highest BCUT2D eigenvalue weighted by atomic mass is 32.2. The Hall–Kier alpha value is -2.74. The van der Waals surface area contributed by atoms with Gasteiger partial charge in [0.25, 0.3) is 5.91 Å². The number of carbonyl (C=O) groups is 1. The van der Waals surface area contributed by atoms with Crippen LogP contribution in [0.1, 0.15) is 34.7 Å². The molecular weight excluding hydrogens is 376 g/mol. The molecule has 0 bridgehead atoms. The van der Waals surface area contributed by atoms with Crippen molar-refractivity contribution in [2.24, 2.45) is 13.0 Å². The molecule has 1 saturated carbocycles. The molecule has 3 aromatic rings. The lowest BCUT2D eigenvalue weighted by Crippen LogP contribution is -2.22. The Kier molecular flexibility index (Phi) is 5.66. The number of pyridine rings is 1. The Morgan fingerprint density at radius 2 is 2.21 bits per heavy atom. The minimum absolute atomic E-state index is 0.245. The van der Waals surface area contributed by atoms with E-state index in [1.54, 1.807) is 30.2 Å². The number of carbonyl (C=O) groups excluding carboxylic acids is 1. The molecule has 0 saturated heterocycles. The number of nitrogens with zero attached hydrogens (tertiary/aromatic N) is 3. The number of thioether (sulfide) groups is 1. The number of hydrogen-bond donors (Lipinski definition) is 1. The van der Waals surface area contributed by atoms with Gasteiger partial charge in [-0.3, -0.25) is 4.79 Å². The molecule has 0 spiro atoms. The molecule has 28 heavy (non-hydrogen) atoms. The molecule has 146 valence electrons. The van der Waals surface area contributed by atoms with Gasteiger partial charge in [-0.05, 0) is 42.5 Å². The van der Waals surface area contributed by atoms with Crippen LogP contribution in [0.15, 0.2) is 52.4 Å². The molecule has 3 aromatic heterocycles. The second-order valence-corrected chi connectivity index (χ2v) is 7.76. The summed E-state index contributed by atoms with van der Waals surface area (Å²) in [7, 11) is 1.94. The monoisotopic (exact) mass is 398 g/mol. The van der Waals surface area contributed by atoms with Gasteiger partial charge in [0.1, 0.15) is 5.76 Å². The minimum Gasteiger partial charge on any atom is -0.477 e.